The Bertz CT molecular complexity index is 895. The molecule has 0 aliphatic carbocycles. The van der Waals surface area contributed by atoms with Gasteiger partial charge in [0.05, 0.1) is 5.56 Å². The van der Waals surface area contributed by atoms with Crippen LogP contribution >= 0.6 is 0 Å². The van der Waals surface area contributed by atoms with Crippen molar-refractivity contribution in [3.8, 4) is 6.07 Å². The van der Waals surface area contributed by atoms with Gasteiger partial charge in [-0.1, -0.05) is 18.2 Å². The number of hydrogen-bond donors (Lipinski definition) is 2. The van der Waals surface area contributed by atoms with Crippen molar-refractivity contribution in [1.29, 1.82) is 5.26 Å². The van der Waals surface area contributed by atoms with E-state index >= 15 is 0 Å². The molecule has 0 bridgehead atoms. The number of nitriles is 1. The van der Waals surface area contributed by atoms with Crippen LogP contribution in [0.15, 0.2) is 42.5 Å². The van der Waals surface area contributed by atoms with Gasteiger partial charge in [0.1, 0.15) is 17.6 Å². The van der Waals surface area contributed by atoms with Crippen LogP contribution in [-0.4, -0.2) is 30.1 Å². The number of benzene rings is 1. The first-order chi connectivity index (χ1) is 13.9. The number of pyridine rings is 1. The number of piperidine rings is 1. The summed E-state index contributed by atoms with van der Waals surface area (Å²) in [4.78, 5) is 17.6. The maximum absolute atomic E-state index is 13.1. The highest BCUT2D eigenvalue weighted by atomic mass is 19.4. The quantitative estimate of drug-likeness (QED) is 0.804. The lowest BCUT2D eigenvalue weighted by Crippen LogP contribution is -2.48. The van der Waals surface area contributed by atoms with Crippen LogP contribution in [0.3, 0.4) is 0 Å². The summed E-state index contributed by atoms with van der Waals surface area (Å²) in [6.07, 6.45) is -2.27. The zero-order valence-corrected chi connectivity index (χ0v) is 15.5. The number of aromatic nitrogens is 1. The van der Waals surface area contributed by atoms with Crippen LogP contribution in [0.2, 0.25) is 0 Å². The van der Waals surface area contributed by atoms with Gasteiger partial charge in [0.2, 0.25) is 0 Å². The first-order valence-corrected chi connectivity index (χ1v) is 9.23. The number of anilines is 2. The molecule has 1 aromatic carbocycles. The topological polar surface area (TPSA) is 81.1 Å². The van der Waals surface area contributed by atoms with Gasteiger partial charge in [0, 0.05) is 24.8 Å². The highest BCUT2D eigenvalue weighted by Gasteiger charge is 2.35. The molecule has 2 aromatic rings. The molecule has 1 atom stereocenters. The predicted octanol–water partition coefficient (Wildman–Crippen LogP) is 4.15. The molecule has 1 aliphatic heterocycles. The summed E-state index contributed by atoms with van der Waals surface area (Å²) < 4.78 is 39.3. The number of halogens is 3. The molecule has 29 heavy (non-hydrogen) atoms. The van der Waals surface area contributed by atoms with Crippen molar-refractivity contribution in [3.05, 3.63) is 53.7 Å². The van der Waals surface area contributed by atoms with Crippen molar-refractivity contribution < 1.29 is 18.0 Å². The highest BCUT2D eigenvalue weighted by molar-refractivity contribution is 5.89. The Hall–Kier alpha value is -3.28. The Morgan fingerprint density at radius 2 is 1.97 bits per heavy atom. The summed E-state index contributed by atoms with van der Waals surface area (Å²) in [5.41, 5.74) is -0.318. The summed E-state index contributed by atoms with van der Waals surface area (Å²) in [7, 11) is 0. The summed E-state index contributed by atoms with van der Waals surface area (Å²) in [6, 6.07) is 12.1. The van der Waals surface area contributed by atoms with Gasteiger partial charge in [0.25, 0.3) is 0 Å². The second-order valence-corrected chi connectivity index (χ2v) is 6.72. The summed E-state index contributed by atoms with van der Waals surface area (Å²) >= 11 is 0. The fraction of sp³-hybridized carbons (Fsp3) is 0.350. The lowest BCUT2D eigenvalue weighted by molar-refractivity contribution is -0.141. The molecule has 9 heteroatoms. The van der Waals surface area contributed by atoms with Crippen molar-refractivity contribution in [2.45, 2.75) is 31.5 Å². The van der Waals surface area contributed by atoms with E-state index in [0.717, 1.165) is 25.0 Å². The molecule has 1 fully saturated rings. The fourth-order valence-electron chi connectivity index (χ4n) is 3.31. The van der Waals surface area contributed by atoms with Crippen LogP contribution in [0.1, 0.15) is 30.5 Å². The second-order valence-electron chi connectivity index (χ2n) is 6.72. The summed E-state index contributed by atoms with van der Waals surface area (Å²) in [5.74, 6) is 0.0114. The van der Waals surface area contributed by atoms with E-state index in [9.17, 15) is 23.2 Å². The van der Waals surface area contributed by atoms with Crippen molar-refractivity contribution in [2.75, 3.05) is 23.3 Å². The first kappa shape index (κ1) is 20.5. The number of carbonyl (C=O) groups is 1. The zero-order valence-electron chi connectivity index (χ0n) is 15.5. The molecule has 2 amide bonds. The maximum atomic E-state index is 13.1. The van der Waals surface area contributed by atoms with Crippen LogP contribution < -0.4 is 15.5 Å². The normalized spacial score (nSPS) is 16.8. The molecule has 0 saturated carbocycles. The van der Waals surface area contributed by atoms with Crippen molar-refractivity contribution in [3.63, 3.8) is 0 Å². The fourth-order valence-corrected chi connectivity index (χ4v) is 3.31. The number of para-hydroxylation sites is 1. The van der Waals surface area contributed by atoms with Crippen molar-refractivity contribution in [2.24, 2.45) is 0 Å². The molecule has 3 rings (SSSR count). The third kappa shape index (κ3) is 5.16. The van der Waals surface area contributed by atoms with E-state index in [1.54, 1.807) is 29.2 Å². The van der Waals surface area contributed by atoms with Crippen LogP contribution in [0.25, 0.3) is 0 Å². The van der Waals surface area contributed by atoms with Gasteiger partial charge in [-0.3, -0.25) is 0 Å². The minimum absolute atomic E-state index is 0.0114. The number of hydrogen-bond acceptors (Lipinski definition) is 4. The van der Waals surface area contributed by atoms with Gasteiger partial charge in [-0.15, -0.1) is 0 Å². The molecule has 0 radical (unpaired) electrons. The van der Waals surface area contributed by atoms with Crippen molar-refractivity contribution >= 4 is 17.5 Å². The maximum Gasteiger partial charge on any atom is 0.433 e. The molecule has 1 saturated heterocycles. The van der Waals surface area contributed by atoms with Crippen molar-refractivity contribution in [1.82, 2.24) is 10.3 Å². The minimum Gasteiger partial charge on any atom is -0.351 e. The molecule has 1 unspecified atom stereocenters. The van der Waals surface area contributed by atoms with E-state index in [0.29, 0.717) is 18.7 Å². The molecule has 0 spiro atoms. The minimum atomic E-state index is -4.60. The number of amides is 2. The molecule has 6 nitrogen and oxygen atoms in total. The lowest BCUT2D eigenvalue weighted by atomic mass is 10.0. The predicted molar refractivity (Wildman–Crippen MR) is 102 cm³/mol. The third-order valence-electron chi connectivity index (χ3n) is 4.72. The Kier molecular flexibility index (Phi) is 6.22. The first-order valence-electron chi connectivity index (χ1n) is 9.23. The third-order valence-corrected chi connectivity index (χ3v) is 4.72. The van der Waals surface area contributed by atoms with E-state index in [-0.39, 0.29) is 24.0 Å². The van der Waals surface area contributed by atoms with Gasteiger partial charge in [-0.25, -0.2) is 9.78 Å². The lowest BCUT2D eigenvalue weighted by Gasteiger charge is -2.37. The van der Waals surface area contributed by atoms with Gasteiger partial charge in [0.15, 0.2) is 0 Å². The Morgan fingerprint density at radius 1 is 1.21 bits per heavy atom. The second kappa shape index (κ2) is 8.82. The summed E-state index contributed by atoms with van der Waals surface area (Å²) in [5, 5.41) is 14.8. The SMILES string of the molecule is N#Cc1ccc(C(F)(F)F)nc1N1CCCCC1CNC(=O)Nc1ccccc1. The smallest absolute Gasteiger partial charge is 0.351 e. The number of nitrogens with one attached hydrogen (secondary N) is 2. The van der Waals surface area contributed by atoms with E-state index in [1.807, 2.05) is 12.1 Å². The largest absolute Gasteiger partial charge is 0.433 e. The van der Waals surface area contributed by atoms with Crippen LogP contribution in [0, 0.1) is 11.3 Å². The highest BCUT2D eigenvalue weighted by Crippen LogP contribution is 2.32. The molecular weight excluding hydrogens is 383 g/mol. The number of alkyl halides is 3. The van der Waals surface area contributed by atoms with Gasteiger partial charge in [-0.2, -0.15) is 18.4 Å². The number of urea groups is 1. The number of nitrogens with zero attached hydrogens (tertiary/aromatic N) is 3. The van der Waals surface area contributed by atoms with Crippen LogP contribution in [-0.2, 0) is 6.18 Å². The zero-order chi connectivity index (χ0) is 20.9. The molecule has 152 valence electrons. The van der Waals surface area contributed by atoms with Crippen LogP contribution in [0.4, 0.5) is 29.5 Å². The molecule has 1 aromatic heterocycles. The Morgan fingerprint density at radius 3 is 2.66 bits per heavy atom. The Balaban J connectivity index is 1.74. The molecular formula is C20H20F3N5O. The molecule has 1 aliphatic rings. The van der Waals surface area contributed by atoms with Gasteiger partial charge < -0.3 is 15.5 Å². The van der Waals surface area contributed by atoms with E-state index in [2.05, 4.69) is 15.6 Å². The average molecular weight is 403 g/mol. The standard InChI is InChI=1S/C20H20F3N5O/c21-20(22,23)17-10-9-14(12-24)18(27-17)28-11-5-4-8-16(28)13-25-19(29)26-15-6-2-1-3-7-15/h1-3,6-7,9-10,16H,4-5,8,11,13H2,(H2,25,26,29). The molecule has 2 heterocycles. The molecule has 2 N–H and O–H groups in total. The van der Waals surface area contributed by atoms with Gasteiger partial charge >= 0.3 is 12.2 Å². The summed E-state index contributed by atoms with van der Waals surface area (Å²) in [6.45, 7) is 0.692. The van der Waals surface area contributed by atoms with E-state index in [4.69, 9.17) is 0 Å². The van der Waals surface area contributed by atoms with E-state index < -0.39 is 17.9 Å². The Labute approximate surface area is 166 Å². The van der Waals surface area contributed by atoms with Gasteiger partial charge in [-0.05, 0) is 43.5 Å². The monoisotopic (exact) mass is 403 g/mol. The number of carbonyl (C=O) groups excluding carboxylic acids is 1. The number of rotatable bonds is 4. The average Bonchev–Trinajstić information content (AvgIpc) is 2.72. The van der Waals surface area contributed by atoms with E-state index in [1.165, 1.54) is 0 Å². The van der Waals surface area contributed by atoms with Crippen LogP contribution in [0.5, 0.6) is 0 Å².